The maximum atomic E-state index is 12.9. The van der Waals surface area contributed by atoms with Crippen molar-refractivity contribution < 1.29 is 29.1 Å². The third kappa shape index (κ3) is 13.0. The molecule has 53 heavy (non-hydrogen) atoms. The number of anilines is 3. The van der Waals surface area contributed by atoms with Crippen LogP contribution in [0, 0.1) is 11.3 Å². The van der Waals surface area contributed by atoms with Crippen molar-refractivity contribution in [3.05, 3.63) is 119 Å². The molecule has 3 aromatic rings. The van der Waals surface area contributed by atoms with E-state index in [2.05, 4.69) is 44.5 Å². The normalized spacial score (nSPS) is 15.4. The van der Waals surface area contributed by atoms with E-state index < -0.39 is 0 Å². The first kappa shape index (κ1) is 42.0. The summed E-state index contributed by atoms with van der Waals surface area (Å²) in [5.74, 6) is -0.0426. The zero-order chi connectivity index (χ0) is 38.6. The Kier molecular flexibility index (Phi) is 17.9. The minimum absolute atomic E-state index is 0.0109. The molecule has 12 heteroatoms. The van der Waals surface area contributed by atoms with E-state index in [9.17, 15) is 10.1 Å². The van der Waals surface area contributed by atoms with E-state index >= 15 is 0 Å². The van der Waals surface area contributed by atoms with Gasteiger partial charge >= 0.3 is 0 Å². The number of nitrogens with one attached hydrogen (secondary N) is 2. The Hall–Kier alpha value is -5.38. The van der Waals surface area contributed by atoms with E-state index in [0.29, 0.717) is 29.1 Å². The number of hydrogen-bond donors (Lipinski definition) is 3. The first-order valence-corrected chi connectivity index (χ1v) is 17.6. The van der Waals surface area contributed by atoms with Gasteiger partial charge in [0.15, 0.2) is 7.11 Å². The summed E-state index contributed by atoms with van der Waals surface area (Å²) in [5.41, 5.74) is 14.4. The highest BCUT2D eigenvalue weighted by Crippen LogP contribution is 2.36. The lowest BCUT2D eigenvalue weighted by Crippen LogP contribution is -2.26. The number of fused-ring (bicyclic) bond motifs is 4. The zero-order valence-electron chi connectivity index (χ0n) is 30.8. The van der Waals surface area contributed by atoms with Gasteiger partial charge < -0.3 is 26.0 Å². The fraction of sp³-hybridized carbons (Fsp3) is 0.293. The average Bonchev–Trinajstić information content (AvgIpc) is 3.17. The van der Waals surface area contributed by atoms with Crippen LogP contribution in [-0.2, 0) is 24.3 Å². The number of carbonyl (C=O) groups is 2. The molecule has 1 amide bonds. The number of nitrogens with zero attached hydrogens (tertiary/aromatic N) is 2. The van der Waals surface area contributed by atoms with Gasteiger partial charge in [0.25, 0.3) is 6.47 Å². The molecule has 1 aliphatic heterocycles. The smallest absolute Gasteiger partial charge is 0.292 e. The van der Waals surface area contributed by atoms with Gasteiger partial charge in [-0.15, -0.1) is 0 Å². The highest BCUT2D eigenvalue weighted by molar-refractivity contribution is 6.31. The second-order valence-electron chi connectivity index (χ2n) is 12.0. The quantitative estimate of drug-likeness (QED) is 0.0230. The van der Waals surface area contributed by atoms with E-state index in [4.69, 9.17) is 32.1 Å². The number of benzene rings is 3. The standard InChI is InChI=1S/C39H44ClN5O4.C2H4O2/c1-5-6-10-27(24-41)25-45(3)38-20-16-31(40)22-35(38)30(26-48-49-47-4)15-19-36(42)33-13-7-8-14-39(46)44-37-23-32(43-2)17-18-34(37)29-12-9-11-28(33)21-29;1-4-2-3/h6,9-12,15-23,25-26,33,36,43H,5,7-8,13-14,42H2,1-4H3,(H,44,46);2H,1H3/p+1/b10-6+,19-15-,27-25+,30-26+;. The van der Waals surface area contributed by atoms with Gasteiger partial charge in [-0.05, 0) is 66.8 Å². The van der Waals surface area contributed by atoms with Gasteiger partial charge in [0.05, 0.1) is 18.4 Å². The fourth-order valence-electron chi connectivity index (χ4n) is 5.77. The average molecular weight is 743 g/mol. The first-order chi connectivity index (χ1) is 25.7. The Morgan fingerprint density at radius 1 is 1.19 bits per heavy atom. The SMILES string of the molecule is CC/C=C/C(C#N)=C\N(C)c1ccc(Cl)cc1C(/C=C\C(N)C1CCCCC(=O)Nc2cc(NC)ccc2-c2cccc1c2)=C/OO[OH+]C.COC=O. The van der Waals surface area contributed by atoms with Crippen LogP contribution in [0.4, 0.5) is 17.1 Å². The molecule has 280 valence electrons. The molecule has 1 aliphatic rings. The van der Waals surface area contributed by atoms with Gasteiger partial charge in [0.2, 0.25) is 5.91 Å². The largest absolute Gasteiger partial charge is 0.471 e. The van der Waals surface area contributed by atoms with Gasteiger partial charge in [0.1, 0.15) is 17.4 Å². The third-order valence-electron chi connectivity index (χ3n) is 8.37. The molecule has 0 aliphatic carbocycles. The summed E-state index contributed by atoms with van der Waals surface area (Å²) in [4.78, 5) is 32.6. The number of halogens is 1. The predicted molar refractivity (Wildman–Crippen MR) is 213 cm³/mol. The van der Waals surface area contributed by atoms with Crippen molar-refractivity contribution in [1.29, 1.82) is 5.26 Å². The molecule has 0 spiro atoms. The number of hydrogen-bond acceptors (Lipinski definition) is 9. The number of methoxy groups -OCH3 is 1. The van der Waals surface area contributed by atoms with E-state index in [1.165, 1.54) is 20.5 Å². The van der Waals surface area contributed by atoms with Crippen LogP contribution >= 0.6 is 11.6 Å². The van der Waals surface area contributed by atoms with Crippen molar-refractivity contribution in [3.8, 4) is 17.2 Å². The highest BCUT2D eigenvalue weighted by Gasteiger charge is 2.21. The zero-order valence-corrected chi connectivity index (χ0v) is 31.6. The molecule has 2 unspecified atom stereocenters. The monoisotopic (exact) mass is 742 g/mol. The van der Waals surface area contributed by atoms with Crippen LogP contribution < -0.4 is 21.3 Å². The molecule has 5 N–H and O–H groups in total. The van der Waals surface area contributed by atoms with E-state index in [-0.39, 0.29) is 17.9 Å². The second-order valence-corrected chi connectivity index (χ2v) is 12.4. The molecule has 2 bridgehead atoms. The van der Waals surface area contributed by atoms with Crippen LogP contribution in [-0.4, -0.2) is 51.6 Å². The van der Waals surface area contributed by atoms with Crippen molar-refractivity contribution >= 4 is 46.6 Å². The molecule has 2 atom stereocenters. The number of nitriles is 1. The molecule has 11 nitrogen and oxygen atoms in total. The van der Waals surface area contributed by atoms with E-state index in [1.54, 1.807) is 18.3 Å². The Morgan fingerprint density at radius 3 is 2.68 bits per heavy atom. The summed E-state index contributed by atoms with van der Waals surface area (Å²) < 4.78 is 3.86. The number of ether oxygens (including phenoxy) is 1. The van der Waals surface area contributed by atoms with Crippen LogP contribution in [0.25, 0.3) is 16.7 Å². The first-order valence-electron chi connectivity index (χ1n) is 17.2. The molecule has 0 saturated heterocycles. The molecule has 0 radical (unpaired) electrons. The number of aliphatic hydroxyl groups is 1. The Morgan fingerprint density at radius 2 is 1.98 bits per heavy atom. The third-order valence-corrected chi connectivity index (χ3v) is 8.61. The molecule has 4 rings (SSSR count). The van der Waals surface area contributed by atoms with Crippen molar-refractivity contribution in [2.75, 3.05) is 43.8 Å². The van der Waals surface area contributed by atoms with Gasteiger partial charge in [-0.25, -0.2) is 4.89 Å². The molecular weight excluding hydrogens is 694 g/mol. The maximum Gasteiger partial charge on any atom is 0.292 e. The number of allylic oxidation sites excluding steroid dienone is 5. The van der Waals surface area contributed by atoms with Crippen LogP contribution in [0.3, 0.4) is 0 Å². The summed E-state index contributed by atoms with van der Waals surface area (Å²) in [6.45, 7) is 2.39. The second kappa shape index (κ2) is 22.5. The molecule has 0 saturated carbocycles. The van der Waals surface area contributed by atoms with Crippen LogP contribution in [0.5, 0.6) is 0 Å². The van der Waals surface area contributed by atoms with Crippen molar-refractivity contribution in [2.45, 2.75) is 51.0 Å². The Bertz CT molecular complexity index is 1830. The molecular formula is C41H49ClN5O6+. The fourth-order valence-corrected chi connectivity index (χ4v) is 5.94. The van der Waals surface area contributed by atoms with Crippen LogP contribution in [0.1, 0.15) is 56.1 Å². The lowest BCUT2D eigenvalue weighted by atomic mass is 9.84. The minimum atomic E-state index is -0.386. The number of nitrogens with two attached hydrogens (primary N) is 1. The highest BCUT2D eigenvalue weighted by atomic mass is 35.5. The predicted octanol–water partition coefficient (Wildman–Crippen LogP) is 8.19. The maximum absolute atomic E-state index is 12.9. The van der Waals surface area contributed by atoms with Gasteiger partial charge in [-0.2, -0.15) is 5.26 Å². The van der Waals surface area contributed by atoms with E-state index in [1.807, 2.05) is 80.5 Å². The summed E-state index contributed by atoms with van der Waals surface area (Å²) >= 11 is 6.50. The molecule has 0 fully saturated rings. The van der Waals surface area contributed by atoms with E-state index in [0.717, 1.165) is 65.0 Å². The summed E-state index contributed by atoms with van der Waals surface area (Å²) in [7, 11) is 6.50. The Labute approximate surface area is 317 Å². The molecule has 1 heterocycles. The Balaban J connectivity index is 0.00000180. The molecule has 3 aromatic carbocycles. The van der Waals surface area contributed by atoms with Crippen molar-refractivity contribution in [3.63, 3.8) is 0 Å². The van der Waals surface area contributed by atoms with Gasteiger partial charge in [0, 0.05) is 71.8 Å². The lowest BCUT2D eigenvalue weighted by Gasteiger charge is -2.24. The number of amides is 1. The summed E-state index contributed by atoms with van der Waals surface area (Å²) in [5, 5.41) is 21.4. The minimum Gasteiger partial charge on any atom is -0.471 e. The number of rotatable bonds is 13. The molecule has 0 aromatic heterocycles. The summed E-state index contributed by atoms with van der Waals surface area (Å²) in [6, 6.07) is 21.7. The number of carbonyl (C=O) groups excluding carboxylic acids is 2. The van der Waals surface area contributed by atoms with Gasteiger partial charge in [-0.3, -0.25) is 14.5 Å². The summed E-state index contributed by atoms with van der Waals surface area (Å²) in [6.07, 6.45) is 14.4. The van der Waals surface area contributed by atoms with Gasteiger partial charge in [-0.1, -0.05) is 73.5 Å². The van der Waals surface area contributed by atoms with Crippen molar-refractivity contribution in [2.24, 2.45) is 5.73 Å². The topological polar surface area (TPSA) is 152 Å². The van der Waals surface area contributed by atoms with Crippen molar-refractivity contribution in [1.82, 2.24) is 0 Å². The van der Waals surface area contributed by atoms with Crippen LogP contribution in [0.2, 0.25) is 5.02 Å². The van der Waals surface area contributed by atoms with Crippen LogP contribution in [0.15, 0.2) is 103 Å². The lowest BCUT2D eigenvalue weighted by molar-refractivity contribution is -0.558.